The Morgan fingerprint density at radius 2 is 2.00 bits per heavy atom. The molecular formula is C21H25FN4S. The Labute approximate surface area is 164 Å². The lowest BCUT2D eigenvalue weighted by Gasteiger charge is -2.09. The van der Waals surface area contributed by atoms with Crippen LogP contribution in [0, 0.1) is 6.92 Å². The number of nitrogens with one attached hydrogen (secondary N) is 1. The summed E-state index contributed by atoms with van der Waals surface area (Å²) in [5.74, 6) is -0.141. The van der Waals surface area contributed by atoms with Crippen molar-refractivity contribution in [3.8, 4) is 11.1 Å². The molecule has 0 saturated heterocycles. The molecule has 0 aliphatic rings. The van der Waals surface area contributed by atoms with Crippen molar-refractivity contribution in [1.82, 2.24) is 19.2 Å². The number of allylic oxidation sites excluding steroid dienone is 1. The van der Waals surface area contributed by atoms with Crippen LogP contribution in [-0.4, -0.2) is 41.5 Å². The second-order valence-electron chi connectivity index (χ2n) is 6.57. The van der Waals surface area contributed by atoms with E-state index in [9.17, 15) is 4.39 Å². The van der Waals surface area contributed by atoms with Crippen LogP contribution in [-0.2, 0) is 6.54 Å². The van der Waals surface area contributed by atoms with Gasteiger partial charge in [0, 0.05) is 46.0 Å². The molecule has 0 fully saturated rings. The third kappa shape index (κ3) is 4.40. The number of aromatic nitrogens is 2. The van der Waals surface area contributed by atoms with Crippen molar-refractivity contribution in [3.05, 3.63) is 60.3 Å². The zero-order chi connectivity index (χ0) is 19.4. The van der Waals surface area contributed by atoms with Gasteiger partial charge in [0.05, 0.1) is 6.54 Å². The van der Waals surface area contributed by atoms with Gasteiger partial charge in [-0.1, -0.05) is 0 Å². The van der Waals surface area contributed by atoms with Crippen LogP contribution in [0.15, 0.2) is 59.5 Å². The van der Waals surface area contributed by atoms with Crippen LogP contribution >= 0.6 is 11.9 Å². The van der Waals surface area contributed by atoms with Crippen LogP contribution in [0.25, 0.3) is 22.0 Å². The first-order chi connectivity index (χ1) is 13.0. The lowest BCUT2D eigenvalue weighted by atomic mass is 10.0. The smallest absolute Gasteiger partial charge is 0.117 e. The highest BCUT2D eigenvalue weighted by Crippen LogP contribution is 2.37. The lowest BCUT2D eigenvalue weighted by molar-refractivity contribution is 0.553. The monoisotopic (exact) mass is 384 g/mol. The molecule has 1 N–H and O–H groups in total. The van der Waals surface area contributed by atoms with E-state index in [1.807, 2.05) is 33.3 Å². The number of benzene rings is 1. The van der Waals surface area contributed by atoms with Gasteiger partial charge in [-0.15, -0.1) is 0 Å². The van der Waals surface area contributed by atoms with Gasteiger partial charge in [-0.05, 0) is 82.0 Å². The maximum absolute atomic E-state index is 14.4. The molecule has 2 heterocycles. The van der Waals surface area contributed by atoms with Gasteiger partial charge >= 0.3 is 0 Å². The predicted molar refractivity (Wildman–Crippen MR) is 113 cm³/mol. The molecule has 0 bridgehead atoms. The molecule has 2 aromatic heterocycles. The van der Waals surface area contributed by atoms with E-state index in [1.165, 1.54) is 0 Å². The number of nitrogens with zero attached hydrogens (tertiary/aromatic N) is 3. The van der Waals surface area contributed by atoms with Crippen molar-refractivity contribution in [2.75, 3.05) is 27.7 Å². The summed E-state index contributed by atoms with van der Waals surface area (Å²) >= 11 is 1.68. The SMILES string of the molecule is CNC/C=C(\F)Cn1c(C)c(-c2ccncc2)c2cc(SN(C)C)ccc21. The fourth-order valence-electron chi connectivity index (χ4n) is 3.24. The van der Waals surface area contributed by atoms with Crippen molar-refractivity contribution < 1.29 is 4.39 Å². The standard InChI is InChI=1S/C21H25FN4S/c1-15-21(16-7-11-24-12-8-16)19-13-18(27-25(3)4)5-6-20(19)26(15)14-17(22)9-10-23-2/h5-9,11-13,23H,10,14H2,1-4H3/b17-9-. The van der Waals surface area contributed by atoms with E-state index in [1.54, 1.807) is 30.4 Å². The molecule has 0 amide bonds. The summed E-state index contributed by atoms with van der Waals surface area (Å²) in [5, 5.41) is 4.08. The third-order valence-electron chi connectivity index (χ3n) is 4.39. The average molecular weight is 385 g/mol. The maximum Gasteiger partial charge on any atom is 0.117 e. The van der Waals surface area contributed by atoms with Crippen LogP contribution < -0.4 is 5.32 Å². The zero-order valence-corrected chi connectivity index (χ0v) is 17.0. The Morgan fingerprint density at radius 1 is 1.26 bits per heavy atom. The van der Waals surface area contributed by atoms with E-state index in [4.69, 9.17) is 0 Å². The lowest BCUT2D eigenvalue weighted by Crippen LogP contribution is -2.07. The molecule has 3 aromatic rings. The van der Waals surface area contributed by atoms with Gasteiger partial charge in [0.2, 0.25) is 0 Å². The molecule has 0 radical (unpaired) electrons. The number of likely N-dealkylation sites (N-methyl/N-ethyl adjacent to an activating group) is 1. The molecule has 0 spiro atoms. The maximum atomic E-state index is 14.4. The summed E-state index contributed by atoms with van der Waals surface area (Å²) in [7, 11) is 5.86. The summed E-state index contributed by atoms with van der Waals surface area (Å²) in [6.07, 6.45) is 5.18. The first-order valence-corrected chi connectivity index (χ1v) is 9.66. The Balaban J connectivity index is 2.17. The Bertz CT molecular complexity index is 948. The van der Waals surface area contributed by atoms with Gasteiger partial charge < -0.3 is 9.88 Å². The van der Waals surface area contributed by atoms with E-state index in [-0.39, 0.29) is 12.4 Å². The number of rotatable bonds is 7. The number of halogens is 1. The predicted octanol–water partition coefficient (Wildman–Crippen LogP) is 4.65. The normalized spacial score (nSPS) is 12.3. The number of fused-ring (bicyclic) bond motifs is 1. The highest BCUT2D eigenvalue weighted by molar-refractivity contribution is 7.97. The van der Waals surface area contributed by atoms with Crippen LogP contribution in [0.3, 0.4) is 0 Å². The van der Waals surface area contributed by atoms with Gasteiger partial charge in [-0.3, -0.25) is 9.29 Å². The molecule has 0 aliphatic heterocycles. The number of hydrogen-bond donors (Lipinski definition) is 1. The zero-order valence-electron chi connectivity index (χ0n) is 16.2. The van der Waals surface area contributed by atoms with Crippen molar-refractivity contribution in [1.29, 1.82) is 0 Å². The second-order valence-corrected chi connectivity index (χ2v) is 7.96. The fourth-order valence-corrected chi connectivity index (χ4v) is 3.97. The highest BCUT2D eigenvalue weighted by Gasteiger charge is 2.17. The molecule has 27 heavy (non-hydrogen) atoms. The molecule has 1 aromatic carbocycles. The molecular weight excluding hydrogens is 359 g/mol. The summed E-state index contributed by atoms with van der Waals surface area (Å²) in [6, 6.07) is 10.4. The topological polar surface area (TPSA) is 33.1 Å². The van der Waals surface area contributed by atoms with Gasteiger partial charge in [0.1, 0.15) is 5.83 Å². The van der Waals surface area contributed by atoms with Crippen molar-refractivity contribution >= 4 is 22.9 Å². The van der Waals surface area contributed by atoms with E-state index in [0.29, 0.717) is 6.54 Å². The molecule has 0 aliphatic carbocycles. The summed E-state index contributed by atoms with van der Waals surface area (Å²) in [6.45, 7) is 2.81. The average Bonchev–Trinajstić information content (AvgIpc) is 2.91. The quantitative estimate of drug-likeness (QED) is 0.601. The molecule has 0 atom stereocenters. The van der Waals surface area contributed by atoms with Crippen molar-refractivity contribution in [2.24, 2.45) is 0 Å². The summed E-state index contributed by atoms with van der Waals surface area (Å²) in [5.41, 5.74) is 4.32. The molecule has 6 heteroatoms. The van der Waals surface area contributed by atoms with E-state index in [2.05, 4.69) is 44.3 Å². The Kier molecular flexibility index (Phi) is 6.31. The number of hydrogen-bond acceptors (Lipinski definition) is 4. The summed E-state index contributed by atoms with van der Waals surface area (Å²) in [4.78, 5) is 5.29. The Hall–Kier alpha value is -2.15. The van der Waals surface area contributed by atoms with Gasteiger partial charge in [-0.2, -0.15) is 0 Å². The molecule has 4 nitrogen and oxygen atoms in total. The van der Waals surface area contributed by atoms with Crippen LogP contribution in [0.5, 0.6) is 0 Å². The molecule has 142 valence electrons. The molecule has 0 saturated carbocycles. The first kappa shape index (κ1) is 19.6. The minimum Gasteiger partial charge on any atom is -0.337 e. The summed E-state index contributed by atoms with van der Waals surface area (Å²) < 4.78 is 18.5. The highest BCUT2D eigenvalue weighted by atomic mass is 32.2. The van der Waals surface area contributed by atoms with Crippen LogP contribution in [0.4, 0.5) is 4.39 Å². The van der Waals surface area contributed by atoms with E-state index < -0.39 is 0 Å². The van der Waals surface area contributed by atoms with E-state index in [0.717, 1.165) is 32.6 Å². The van der Waals surface area contributed by atoms with Gasteiger partial charge in [0.15, 0.2) is 0 Å². The van der Waals surface area contributed by atoms with Gasteiger partial charge in [0.25, 0.3) is 0 Å². The molecule has 3 rings (SSSR count). The third-order valence-corrected chi connectivity index (χ3v) is 5.22. The fraction of sp³-hybridized carbons (Fsp3) is 0.286. The van der Waals surface area contributed by atoms with Crippen LogP contribution in [0.2, 0.25) is 0 Å². The Morgan fingerprint density at radius 3 is 2.67 bits per heavy atom. The first-order valence-electron chi connectivity index (χ1n) is 8.89. The van der Waals surface area contributed by atoms with Crippen molar-refractivity contribution in [3.63, 3.8) is 0 Å². The van der Waals surface area contributed by atoms with Crippen LogP contribution in [0.1, 0.15) is 5.69 Å². The van der Waals surface area contributed by atoms with E-state index >= 15 is 0 Å². The largest absolute Gasteiger partial charge is 0.337 e. The molecule has 0 unspecified atom stereocenters. The van der Waals surface area contributed by atoms with Crippen molar-refractivity contribution in [2.45, 2.75) is 18.4 Å². The number of pyridine rings is 1. The van der Waals surface area contributed by atoms with Gasteiger partial charge in [-0.25, -0.2) is 4.39 Å². The minimum absolute atomic E-state index is 0.141. The second kappa shape index (κ2) is 8.69. The minimum atomic E-state index is -0.141.